The second kappa shape index (κ2) is 5.09. The molecule has 0 radical (unpaired) electrons. The molecule has 0 bridgehead atoms. The lowest BCUT2D eigenvalue weighted by Gasteiger charge is -2.08. The van der Waals surface area contributed by atoms with Crippen LogP contribution in [-0.2, 0) is 6.42 Å². The van der Waals surface area contributed by atoms with E-state index in [1.807, 2.05) is 23.6 Å². The third kappa shape index (κ3) is 2.59. The Morgan fingerprint density at radius 2 is 2.19 bits per heavy atom. The van der Waals surface area contributed by atoms with Gasteiger partial charge in [0.05, 0.1) is 7.11 Å². The number of nitrogens with two attached hydrogens (primary N) is 1. The summed E-state index contributed by atoms with van der Waals surface area (Å²) in [7, 11) is 1.67. The molecule has 1 atom stereocenters. The molecule has 2 N–H and O–H groups in total. The van der Waals surface area contributed by atoms with E-state index in [4.69, 9.17) is 10.5 Å². The zero-order chi connectivity index (χ0) is 11.4. The van der Waals surface area contributed by atoms with Gasteiger partial charge in [0.15, 0.2) is 0 Å². The van der Waals surface area contributed by atoms with Crippen LogP contribution in [0.15, 0.2) is 36.0 Å². The van der Waals surface area contributed by atoms with Crippen molar-refractivity contribution in [1.29, 1.82) is 0 Å². The molecule has 0 amide bonds. The van der Waals surface area contributed by atoms with Crippen molar-refractivity contribution < 1.29 is 4.74 Å². The average Bonchev–Trinajstić information content (AvgIpc) is 2.79. The van der Waals surface area contributed by atoms with E-state index in [2.05, 4.69) is 4.98 Å². The van der Waals surface area contributed by atoms with Crippen LogP contribution < -0.4 is 10.5 Å². The Balaban J connectivity index is 2.05. The molecule has 1 unspecified atom stereocenters. The molecule has 0 spiro atoms. The van der Waals surface area contributed by atoms with Gasteiger partial charge < -0.3 is 10.5 Å². The van der Waals surface area contributed by atoms with Crippen molar-refractivity contribution in [3.63, 3.8) is 0 Å². The van der Waals surface area contributed by atoms with Crippen LogP contribution in [-0.4, -0.2) is 12.1 Å². The fraction of sp³-hybridized carbons (Fsp3) is 0.250. The van der Waals surface area contributed by atoms with Crippen LogP contribution in [0.1, 0.15) is 16.5 Å². The summed E-state index contributed by atoms with van der Waals surface area (Å²) in [6, 6.07) is 6.00. The predicted molar refractivity (Wildman–Crippen MR) is 65.7 cm³/mol. The van der Waals surface area contributed by atoms with Crippen molar-refractivity contribution in [3.8, 4) is 5.75 Å². The highest BCUT2D eigenvalue weighted by atomic mass is 32.1. The van der Waals surface area contributed by atoms with Gasteiger partial charge in [-0.3, -0.25) is 4.98 Å². The first-order valence-corrected chi connectivity index (χ1v) is 5.94. The van der Waals surface area contributed by atoms with E-state index in [1.165, 1.54) is 5.56 Å². The predicted octanol–water partition coefficient (Wildman–Crippen LogP) is 2.39. The lowest BCUT2D eigenvalue weighted by Crippen LogP contribution is -2.11. The van der Waals surface area contributed by atoms with Gasteiger partial charge in [-0.2, -0.15) is 0 Å². The smallest absolute Gasteiger partial charge is 0.129 e. The average molecular weight is 234 g/mol. The van der Waals surface area contributed by atoms with Crippen molar-refractivity contribution in [2.24, 2.45) is 5.73 Å². The number of hydrogen-bond acceptors (Lipinski definition) is 4. The van der Waals surface area contributed by atoms with Gasteiger partial charge in [0, 0.05) is 28.7 Å². The summed E-state index contributed by atoms with van der Waals surface area (Å²) in [6.45, 7) is 0. The Labute approximate surface area is 98.9 Å². The van der Waals surface area contributed by atoms with Gasteiger partial charge in [-0.25, -0.2) is 0 Å². The molecule has 0 saturated carbocycles. The van der Waals surface area contributed by atoms with Gasteiger partial charge in [-0.1, -0.05) is 0 Å². The summed E-state index contributed by atoms with van der Waals surface area (Å²) in [5, 5.41) is 1.97. The molecule has 0 aliphatic carbocycles. The van der Waals surface area contributed by atoms with E-state index in [1.54, 1.807) is 30.8 Å². The van der Waals surface area contributed by atoms with Crippen LogP contribution in [0.3, 0.4) is 0 Å². The van der Waals surface area contributed by atoms with E-state index in [-0.39, 0.29) is 6.04 Å². The molecule has 0 aliphatic rings. The van der Waals surface area contributed by atoms with Gasteiger partial charge >= 0.3 is 0 Å². The number of thiophene rings is 1. The number of aromatic nitrogens is 1. The van der Waals surface area contributed by atoms with Crippen molar-refractivity contribution in [3.05, 3.63) is 46.4 Å². The molecular weight excluding hydrogens is 220 g/mol. The molecule has 3 nitrogen and oxygen atoms in total. The van der Waals surface area contributed by atoms with Gasteiger partial charge in [0.1, 0.15) is 5.75 Å². The van der Waals surface area contributed by atoms with Crippen molar-refractivity contribution in [1.82, 2.24) is 4.98 Å². The maximum Gasteiger partial charge on any atom is 0.129 e. The highest BCUT2D eigenvalue weighted by Crippen LogP contribution is 2.27. The maximum atomic E-state index is 6.13. The minimum Gasteiger partial charge on any atom is -0.496 e. The first-order chi connectivity index (χ1) is 7.79. The lowest BCUT2D eigenvalue weighted by atomic mass is 10.1. The lowest BCUT2D eigenvalue weighted by molar-refractivity contribution is 0.416. The zero-order valence-corrected chi connectivity index (χ0v) is 9.91. The third-order valence-electron chi connectivity index (χ3n) is 2.40. The quantitative estimate of drug-likeness (QED) is 0.883. The van der Waals surface area contributed by atoms with Crippen LogP contribution in [0.4, 0.5) is 0 Å². The molecule has 2 aromatic rings. The van der Waals surface area contributed by atoms with E-state index in [9.17, 15) is 0 Å². The van der Waals surface area contributed by atoms with E-state index < -0.39 is 0 Å². The molecule has 0 aliphatic heterocycles. The summed E-state index contributed by atoms with van der Waals surface area (Å²) < 4.78 is 5.14. The minimum absolute atomic E-state index is 0.0244. The summed E-state index contributed by atoms with van der Waals surface area (Å²) in [5.41, 5.74) is 7.33. The third-order valence-corrected chi connectivity index (χ3v) is 3.44. The molecular formula is C12H14N2OS. The highest BCUT2D eigenvalue weighted by Gasteiger charge is 2.10. The number of hydrogen-bond donors (Lipinski definition) is 1. The first kappa shape index (κ1) is 11.1. The van der Waals surface area contributed by atoms with Crippen LogP contribution in [0.5, 0.6) is 5.75 Å². The monoisotopic (exact) mass is 234 g/mol. The fourth-order valence-electron chi connectivity index (χ4n) is 1.51. The number of rotatable bonds is 4. The molecule has 84 valence electrons. The van der Waals surface area contributed by atoms with Gasteiger partial charge in [-0.15, -0.1) is 11.3 Å². The van der Waals surface area contributed by atoms with Crippen molar-refractivity contribution in [2.75, 3.05) is 7.11 Å². The van der Waals surface area contributed by atoms with E-state index in [0.29, 0.717) is 0 Å². The normalized spacial score (nSPS) is 12.4. The zero-order valence-electron chi connectivity index (χ0n) is 9.09. The number of pyridine rings is 1. The Kier molecular flexibility index (Phi) is 3.54. The number of methoxy groups -OCH3 is 1. The molecule has 16 heavy (non-hydrogen) atoms. The Morgan fingerprint density at radius 1 is 1.44 bits per heavy atom. The second-order valence-electron chi connectivity index (χ2n) is 3.55. The maximum absolute atomic E-state index is 6.13. The number of nitrogens with zero attached hydrogens (tertiary/aromatic N) is 1. The Morgan fingerprint density at radius 3 is 2.81 bits per heavy atom. The minimum atomic E-state index is 0.0244. The molecule has 0 saturated heterocycles. The summed E-state index contributed by atoms with van der Waals surface area (Å²) >= 11 is 1.64. The van der Waals surface area contributed by atoms with Gasteiger partial charge in [-0.05, 0) is 30.2 Å². The van der Waals surface area contributed by atoms with Gasteiger partial charge in [0.2, 0.25) is 0 Å². The number of ether oxygens (including phenoxy) is 1. The van der Waals surface area contributed by atoms with Crippen LogP contribution in [0.25, 0.3) is 0 Å². The summed E-state index contributed by atoms with van der Waals surface area (Å²) in [4.78, 5) is 5.13. The second-order valence-corrected chi connectivity index (χ2v) is 4.50. The SMILES string of the molecule is COc1csc(C(N)Cc2ccncc2)c1. The standard InChI is InChI=1S/C12H14N2OS/c1-15-10-7-12(16-8-10)11(13)6-9-2-4-14-5-3-9/h2-5,7-8,11H,6,13H2,1H3. The molecule has 4 heteroatoms. The van der Waals surface area contributed by atoms with E-state index in [0.717, 1.165) is 17.0 Å². The molecule has 0 fully saturated rings. The Bertz CT molecular complexity index is 441. The fourth-order valence-corrected chi connectivity index (χ4v) is 2.37. The molecule has 0 aromatic carbocycles. The largest absolute Gasteiger partial charge is 0.496 e. The molecule has 2 rings (SSSR count). The Hall–Kier alpha value is -1.39. The van der Waals surface area contributed by atoms with Crippen molar-refractivity contribution in [2.45, 2.75) is 12.5 Å². The topological polar surface area (TPSA) is 48.1 Å². The van der Waals surface area contributed by atoms with Gasteiger partial charge in [0.25, 0.3) is 0 Å². The molecule has 2 heterocycles. The van der Waals surface area contributed by atoms with E-state index >= 15 is 0 Å². The van der Waals surface area contributed by atoms with Crippen LogP contribution >= 0.6 is 11.3 Å². The highest BCUT2D eigenvalue weighted by molar-refractivity contribution is 7.10. The summed E-state index contributed by atoms with van der Waals surface area (Å²) in [5.74, 6) is 0.880. The molecule has 2 aromatic heterocycles. The first-order valence-electron chi connectivity index (χ1n) is 5.06. The van der Waals surface area contributed by atoms with Crippen LogP contribution in [0, 0.1) is 0 Å². The summed E-state index contributed by atoms with van der Waals surface area (Å²) in [6.07, 6.45) is 4.40. The van der Waals surface area contributed by atoms with Crippen LogP contribution in [0.2, 0.25) is 0 Å². The van der Waals surface area contributed by atoms with Crippen molar-refractivity contribution >= 4 is 11.3 Å².